The smallest absolute Gasteiger partial charge is 0.317 e. The summed E-state index contributed by atoms with van der Waals surface area (Å²) in [5.41, 5.74) is 6.65. The van der Waals surface area contributed by atoms with Crippen molar-refractivity contribution in [3.05, 3.63) is 118 Å². The molecule has 0 aliphatic rings. The molecule has 1 heterocycles. The van der Waals surface area contributed by atoms with Crippen molar-refractivity contribution in [1.29, 1.82) is 0 Å². The summed E-state index contributed by atoms with van der Waals surface area (Å²) < 4.78 is 5.68. The summed E-state index contributed by atoms with van der Waals surface area (Å²) in [6.45, 7) is 7.92. The number of hydrogen-bond donors (Lipinski definition) is 4. The van der Waals surface area contributed by atoms with Gasteiger partial charge in [-0.05, 0) is 135 Å². The van der Waals surface area contributed by atoms with E-state index in [2.05, 4.69) is 93.6 Å². The van der Waals surface area contributed by atoms with Gasteiger partial charge in [0, 0.05) is 44.3 Å². The highest BCUT2D eigenvalue weighted by Crippen LogP contribution is 2.28. The van der Waals surface area contributed by atoms with Crippen molar-refractivity contribution in [3.63, 3.8) is 0 Å². The van der Waals surface area contributed by atoms with Crippen LogP contribution in [-0.2, 0) is 25.7 Å². The maximum atomic E-state index is 13.4. The Morgan fingerprint density at radius 2 is 1.57 bits per heavy atom. The number of ether oxygens (including phenoxy) is 1. The first-order valence-corrected chi connectivity index (χ1v) is 19.5. The molecule has 0 aliphatic heterocycles. The van der Waals surface area contributed by atoms with Gasteiger partial charge in [0.15, 0.2) is 0 Å². The minimum atomic E-state index is -0.212. The molecule has 0 spiro atoms. The van der Waals surface area contributed by atoms with Gasteiger partial charge in [0.05, 0.1) is 7.11 Å². The van der Waals surface area contributed by atoms with Crippen LogP contribution in [0.5, 0.6) is 11.5 Å². The van der Waals surface area contributed by atoms with Crippen LogP contribution in [0.2, 0.25) is 0 Å². The molecule has 10 nitrogen and oxygen atoms in total. The summed E-state index contributed by atoms with van der Waals surface area (Å²) in [6.07, 6.45) is 4.71. The first-order chi connectivity index (χ1) is 25.9. The van der Waals surface area contributed by atoms with E-state index in [1.165, 1.54) is 11.1 Å². The van der Waals surface area contributed by atoms with Gasteiger partial charge < -0.3 is 40.5 Å². The van der Waals surface area contributed by atoms with Crippen molar-refractivity contribution in [1.82, 2.24) is 30.7 Å². The molecule has 0 aliphatic carbocycles. The molecular formula is C43H58N6O4S. The predicted octanol–water partition coefficient (Wildman–Crippen LogP) is 6.45. The number of aromatic hydroxyl groups is 1. The monoisotopic (exact) mass is 754 g/mol. The Morgan fingerprint density at radius 3 is 2.24 bits per heavy atom. The van der Waals surface area contributed by atoms with Crippen molar-refractivity contribution < 1.29 is 19.4 Å². The molecule has 4 N–H and O–H groups in total. The van der Waals surface area contributed by atoms with E-state index in [0.29, 0.717) is 32.6 Å². The topological polar surface area (TPSA) is 109 Å². The average molecular weight is 755 g/mol. The standard InChI is InChI=1S/C43H58N6O4S/c1-8-19-49(43(52)46-31(2)21-35-17-20-54-30-35)29-39(48(5)6)25-33-10-9-11-36(22-33)37-23-34(26-41(27-37)53-7)16-18-44-42(51)45-28-38(47(3)4)24-32-12-14-40(50)15-13-32/h8-15,17,20,22-23,26-27,30-31,38-39,50H,1,16,18-19,21,24-25,28-29H2,2-7H3,(H,46,52)(H2,44,45,51)/t31-,38?,39?/m1/s1. The number of carbonyl (C=O) groups excluding carboxylic acids is 2. The lowest BCUT2D eigenvalue weighted by atomic mass is 9.97. The minimum absolute atomic E-state index is 0.0127. The Kier molecular flexibility index (Phi) is 16.4. The average Bonchev–Trinajstić information content (AvgIpc) is 3.66. The summed E-state index contributed by atoms with van der Waals surface area (Å²) in [5.74, 6) is 0.995. The summed E-state index contributed by atoms with van der Waals surface area (Å²) in [5, 5.41) is 23.0. The molecule has 0 bridgehead atoms. The zero-order valence-electron chi connectivity index (χ0n) is 32.7. The second-order valence-electron chi connectivity index (χ2n) is 14.3. The minimum Gasteiger partial charge on any atom is -0.508 e. The number of likely N-dealkylation sites (N-methyl/N-ethyl adjacent to an activating group) is 2. The molecule has 3 atom stereocenters. The van der Waals surface area contributed by atoms with Gasteiger partial charge in [-0.15, -0.1) is 6.58 Å². The van der Waals surface area contributed by atoms with Gasteiger partial charge in [0.25, 0.3) is 0 Å². The van der Waals surface area contributed by atoms with Crippen LogP contribution >= 0.6 is 11.3 Å². The van der Waals surface area contributed by atoms with Crippen molar-refractivity contribution in [2.45, 2.75) is 50.7 Å². The maximum absolute atomic E-state index is 13.4. The van der Waals surface area contributed by atoms with E-state index in [1.807, 2.05) is 50.2 Å². The summed E-state index contributed by atoms with van der Waals surface area (Å²) in [4.78, 5) is 32.2. The van der Waals surface area contributed by atoms with E-state index in [4.69, 9.17) is 4.74 Å². The van der Waals surface area contributed by atoms with E-state index in [-0.39, 0.29) is 35.9 Å². The number of urea groups is 2. The fourth-order valence-corrected chi connectivity index (χ4v) is 7.03. The number of nitrogens with zero attached hydrogens (tertiary/aromatic N) is 3. The quantitative estimate of drug-likeness (QED) is 0.0774. The van der Waals surface area contributed by atoms with Crippen LogP contribution in [0.15, 0.2) is 96.2 Å². The zero-order valence-corrected chi connectivity index (χ0v) is 33.5. The number of phenolic OH excluding ortho intramolecular Hbond substituents is 1. The molecular weight excluding hydrogens is 697 g/mol. The molecule has 1 aromatic heterocycles. The highest BCUT2D eigenvalue weighted by atomic mass is 32.1. The molecule has 11 heteroatoms. The normalized spacial score (nSPS) is 12.9. The largest absolute Gasteiger partial charge is 0.508 e. The van der Waals surface area contributed by atoms with Crippen LogP contribution in [0.3, 0.4) is 0 Å². The highest BCUT2D eigenvalue weighted by Gasteiger charge is 2.22. The number of hydrogen-bond acceptors (Lipinski definition) is 7. The highest BCUT2D eigenvalue weighted by molar-refractivity contribution is 7.07. The molecule has 0 radical (unpaired) electrons. The van der Waals surface area contributed by atoms with Crippen molar-refractivity contribution >= 4 is 23.4 Å². The van der Waals surface area contributed by atoms with Crippen LogP contribution in [-0.4, -0.2) is 111 Å². The number of rotatable bonds is 20. The van der Waals surface area contributed by atoms with Gasteiger partial charge in [-0.3, -0.25) is 0 Å². The van der Waals surface area contributed by atoms with E-state index < -0.39 is 0 Å². The molecule has 2 unspecified atom stereocenters. The first-order valence-electron chi connectivity index (χ1n) is 18.5. The third-order valence-corrected chi connectivity index (χ3v) is 10.3. The lowest BCUT2D eigenvalue weighted by Crippen LogP contribution is -2.50. The van der Waals surface area contributed by atoms with Crippen molar-refractivity contribution in [3.8, 4) is 22.6 Å². The number of amides is 4. The number of carbonyl (C=O) groups is 2. The number of thiophene rings is 1. The number of nitrogens with one attached hydrogen (secondary N) is 3. The van der Waals surface area contributed by atoms with Gasteiger partial charge in [-0.1, -0.05) is 48.5 Å². The predicted molar refractivity (Wildman–Crippen MR) is 222 cm³/mol. The molecule has 290 valence electrons. The number of methoxy groups -OCH3 is 1. The van der Waals surface area contributed by atoms with Crippen LogP contribution in [0.25, 0.3) is 11.1 Å². The summed E-state index contributed by atoms with van der Waals surface area (Å²) >= 11 is 1.67. The third kappa shape index (κ3) is 13.5. The lowest BCUT2D eigenvalue weighted by molar-refractivity contribution is 0.174. The maximum Gasteiger partial charge on any atom is 0.317 e. The Labute approximate surface area is 325 Å². The van der Waals surface area contributed by atoms with Crippen LogP contribution in [0, 0.1) is 0 Å². The number of benzene rings is 3. The molecule has 0 fully saturated rings. The van der Waals surface area contributed by atoms with Crippen molar-refractivity contribution in [2.75, 3.05) is 61.5 Å². The fourth-order valence-electron chi connectivity index (χ4n) is 6.35. The second kappa shape index (κ2) is 21.2. The zero-order chi connectivity index (χ0) is 39.0. The lowest BCUT2D eigenvalue weighted by Gasteiger charge is -2.32. The van der Waals surface area contributed by atoms with E-state index in [1.54, 1.807) is 36.7 Å². The van der Waals surface area contributed by atoms with Crippen LogP contribution in [0.1, 0.15) is 29.2 Å². The van der Waals surface area contributed by atoms with E-state index in [9.17, 15) is 14.7 Å². The SMILES string of the molecule is C=CCN(CC(Cc1cccc(-c2cc(CCNC(=O)NCC(Cc3ccc(O)cc3)N(C)C)cc(OC)c2)c1)N(C)C)C(=O)N[C@H](C)Cc1ccsc1. The Bertz CT molecular complexity index is 1760. The summed E-state index contributed by atoms with van der Waals surface area (Å²) in [6, 6.07) is 23.9. The second-order valence-corrected chi connectivity index (χ2v) is 15.1. The van der Waals surface area contributed by atoms with Gasteiger partial charge in [-0.25, -0.2) is 9.59 Å². The van der Waals surface area contributed by atoms with Gasteiger partial charge in [0.1, 0.15) is 11.5 Å². The molecule has 0 saturated heterocycles. The Morgan fingerprint density at radius 1 is 0.852 bits per heavy atom. The van der Waals surface area contributed by atoms with Gasteiger partial charge in [0.2, 0.25) is 0 Å². The fraction of sp³-hybridized carbons (Fsp3) is 0.395. The first kappa shape index (κ1) is 41.9. The van der Waals surface area contributed by atoms with Gasteiger partial charge >= 0.3 is 12.1 Å². The van der Waals surface area contributed by atoms with Gasteiger partial charge in [-0.2, -0.15) is 11.3 Å². The molecule has 4 rings (SSSR count). The van der Waals surface area contributed by atoms with Crippen LogP contribution in [0.4, 0.5) is 9.59 Å². The molecule has 0 saturated carbocycles. The molecule has 4 aromatic rings. The molecule has 4 amide bonds. The molecule has 3 aromatic carbocycles. The summed E-state index contributed by atoms with van der Waals surface area (Å²) in [7, 11) is 9.77. The third-order valence-electron chi connectivity index (χ3n) is 9.56. The van der Waals surface area contributed by atoms with E-state index in [0.717, 1.165) is 47.3 Å². The molecule has 54 heavy (non-hydrogen) atoms. The van der Waals surface area contributed by atoms with Crippen LogP contribution < -0.4 is 20.7 Å². The Balaban J connectivity index is 1.36. The van der Waals surface area contributed by atoms with E-state index >= 15 is 0 Å². The Hall–Kier alpha value is -4.84. The number of phenols is 1. The van der Waals surface area contributed by atoms with Crippen molar-refractivity contribution in [2.24, 2.45) is 0 Å².